The zero-order chi connectivity index (χ0) is 18.1. The summed E-state index contributed by atoms with van der Waals surface area (Å²) in [7, 11) is -2.99. The van der Waals surface area contributed by atoms with Crippen molar-refractivity contribution in [2.24, 2.45) is 4.99 Å². The van der Waals surface area contributed by atoms with Crippen LogP contribution in [0.2, 0.25) is 0 Å². The zero-order valence-corrected chi connectivity index (χ0v) is 16.0. The van der Waals surface area contributed by atoms with Crippen molar-refractivity contribution in [2.45, 2.75) is 19.4 Å². The summed E-state index contributed by atoms with van der Waals surface area (Å²) in [6.07, 6.45) is 1.18. The summed E-state index contributed by atoms with van der Waals surface area (Å²) in [6, 6.07) is 1.89. The summed E-state index contributed by atoms with van der Waals surface area (Å²) in [4.78, 5) is 4.40. The quantitative estimate of drug-likeness (QED) is 0.313. The topological polar surface area (TPSA) is 100 Å². The van der Waals surface area contributed by atoms with E-state index in [4.69, 9.17) is 4.74 Å². The van der Waals surface area contributed by atoms with E-state index in [0.717, 1.165) is 5.56 Å². The van der Waals surface area contributed by atoms with Gasteiger partial charge in [-0.15, -0.1) is 0 Å². The molecule has 0 radical (unpaired) electrons. The second kappa shape index (κ2) is 9.97. The van der Waals surface area contributed by atoms with E-state index >= 15 is 0 Å². The first-order valence-electron chi connectivity index (χ1n) is 7.77. The van der Waals surface area contributed by atoms with Gasteiger partial charge in [0.05, 0.1) is 25.5 Å². The summed E-state index contributed by atoms with van der Waals surface area (Å²) < 4.78 is 27.2. The second-order valence-electron chi connectivity index (χ2n) is 5.65. The van der Waals surface area contributed by atoms with Gasteiger partial charge in [-0.1, -0.05) is 0 Å². The van der Waals surface area contributed by atoms with Gasteiger partial charge in [0.2, 0.25) is 0 Å². The molecule has 0 saturated carbocycles. The van der Waals surface area contributed by atoms with E-state index in [1.54, 1.807) is 6.92 Å². The lowest BCUT2D eigenvalue weighted by molar-refractivity contribution is 0.0677. The normalized spacial score (nSPS) is 15.1. The van der Waals surface area contributed by atoms with Crippen molar-refractivity contribution in [3.63, 3.8) is 0 Å². The molecule has 0 fully saturated rings. The van der Waals surface area contributed by atoms with Crippen molar-refractivity contribution >= 4 is 27.1 Å². The van der Waals surface area contributed by atoms with Crippen LogP contribution in [0.25, 0.3) is 0 Å². The van der Waals surface area contributed by atoms with E-state index in [-0.39, 0.29) is 18.9 Å². The minimum absolute atomic E-state index is 0.0185. The van der Waals surface area contributed by atoms with E-state index in [1.807, 2.05) is 23.8 Å². The van der Waals surface area contributed by atoms with Gasteiger partial charge in [-0.2, -0.15) is 11.3 Å². The molecule has 1 rings (SSSR count). The third-order valence-corrected chi connectivity index (χ3v) is 4.76. The Kier molecular flexibility index (Phi) is 8.68. The minimum Gasteiger partial charge on any atom is -0.383 e. The molecule has 0 amide bonds. The molecule has 1 aromatic rings. The monoisotopic (exact) mass is 377 g/mol. The van der Waals surface area contributed by atoms with Crippen molar-refractivity contribution in [3.05, 3.63) is 22.4 Å². The molecule has 0 aliphatic carbocycles. The number of thiophene rings is 1. The van der Waals surface area contributed by atoms with Gasteiger partial charge in [0.1, 0.15) is 15.4 Å². The minimum atomic E-state index is -2.99. The maximum atomic E-state index is 11.0. The molecule has 9 heteroatoms. The van der Waals surface area contributed by atoms with Crippen LogP contribution in [0.3, 0.4) is 0 Å². The lowest BCUT2D eigenvalue weighted by Gasteiger charge is -2.21. The van der Waals surface area contributed by atoms with Crippen LogP contribution in [0.1, 0.15) is 19.4 Å². The molecule has 0 bridgehead atoms. The molecular weight excluding hydrogens is 350 g/mol. The fraction of sp³-hybridized carbons (Fsp3) is 0.667. The lowest BCUT2D eigenvalue weighted by Crippen LogP contribution is -2.40. The van der Waals surface area contributed by atoms with Gasteiger partial charge in [0, 0.05) is 19.3 Å². The molecule has 0 aliphatic rings. The first-order valence-corrected chi connectivity index (χ1v) is 10.8. The van der Waals surface area contributed by atoms with Crippen LogP contribution in [0.15, 0.2) is 21.8 Å². The number of rotatable bonds is 10. The highest BCUT2D eigenvalue weighted by molar-refractivity contribution is 7.90. The standard InChI is InChI=1S/C15H27N3O4S2/c1-4-16-14(17-6-7-22-8-10-24(3,20)21)18-12-15(2,19)13-5-9-23-11-13/h5,9,11,19H,4,6-8,10,12H2,1-3H3,(H2,16,17,18). The molecular formula is C15H27N3O4S2. The molecule has 0 aliphatic heterocycles. The average Bonchev–Trinajstić information content (AvgIpc) is 3.02. The Morgan fingerprint density at radius 2 is 2.17 bits per heavy atom. The van der Waals surface area contributed by atoms with E-state index < -0.39 is 15.4 Å². The number of hydrogen-bond donors (Lipinski definition) is 3. The van der Waals surface area contributed by atoms with Crippen molar-refractivity contribution in [1.82, 2.24) is 10.6 Å². The smallest absolute Gasteiger partial charge is 0.191 e. The molecule has 0 aromatic carbocycles. The molecule has 1 unspecified atom stereocenters. The molecule has 1 atom stereocenters. The van der Waals surface area contributed by atoms with Gasteiger partial charge >= 0.3 is 0 Å². The van der Waals surface area contributed by atoms with Crippen molar-refractivity contribution in [2.75, 3.05) is 44.9 Å². The lowest BCUT2D eigenvalue weighted by atomic mass is 10.00. The summed E-state index contributed by atoms with van der Waals surface area (Å²) in [6.45, 7) is 5.67. The third-order valence-electron chi connectivity index (χ3n) is 3.17. The molecule has 24 heavy (non-hydrogen) atoms. The molecule has 7 nitrogen and oxygen atoms in total. The summed E-state index contributed by atoms with van der Waals surface area (Å²) in [5.74, 6) is 0.602. The van der Waals surface area contributed by atoms with Gasteiger partial charge in [-0.3, -0.25) is 0 Å². The Bertz CT molecular complexity index is 598. The summed E-state index contributed by atoms with van der Waals surface area (Å²) in [5.41, 5.74) is -0.176. The fourth-order valence-electron chi connectivity index (χ4n) is 1.79. The maximum Gasteiger partial charge on any atom is 0.191 e. The van der Waals surface area contributed by atoms with Crippen LogP contribution in [0.4, 0.5) is 0 Å². The zero-order valence-electron chi connectivity index (χ0n) is 14.4. The Balaban J connectivity index is 2.40. The van der Waals surface area contributed by atoms with Crippen LogP contribution in [0.5, 0.6) is 0 Å². The van der Waals surface area contributed by atoms with Gasteiger partial charge in [0.25, 0.3) is 0 Å². The van der Waals surface area contributed by atoms with E-state index in [9.17, 15) is 13.5 Å². The van der Waals surface area contributed by atoms with Crippen LogP contribution < -0.4 is 10.6 Å². The van der Waals surface area contributed by atoms with Crippen molar-refractivity contribution in [3.8, 4) is 0 Å². The highest BCUT2D eigenvalue weighted by Gasteiger charge is 2.23. The van der Waals surface area contributed by atoms with Gasteiger partial charge in [-0.05, 0) is 36.2 Å². The van der Waals surface area contributed by atoms with Crippen LogP contribution >= 0.6 is 11.3 Å². The van der Waals surface area contributed by atoms with E-state index in [1.165, 1.54) is 17.6 Å². The Morgan fingerprint density at radius 3 is 2.75 bits per heavy atom. The SMILES string of the molecule is CCNC(=NCC(C)(O)c1ccsc1)NCCOCCS(C)(=O)=O. The van der Waals surface area contributed by atoms with Gasteiger partial charge in [-0.25, -0.2) is 13.4 Å². The first kappa shape index (κ1) is 20.9. The molecule has 1 heterocycles. The Labute approximate surface area is 148 Å². The second-order valence-corrected chi connectivity index (χ2v) is 8.69. The van der Waals surface area contributed by atoms with Crippen molar-refractivity contribution in [1.29, 1.82) is 0 Å². The molecule has 0 saturated heterocycles. The van der Waals surface area contributed by atoms with Gasteiger partial charge < -0.3 is 20.5 Å². The predicted octanol–water partition coefficient (Wildman–Crippen LogP) is 0.572. The largest absolute Gasteiger partial charge is 0.383 e. The fourth-order valence-corrected chi connectivity index (χ4v) is 2.99. The first-order chi connectivity index (χ1) is 11.2. The molecule has 0 spiro atoms. The average molecular weight is 378 g/mol. The number of nitrogens with one attached hydrogen (secondary N) is 2. The van der Waals surface area contributed by atoms with Gasteiger partial charge in [0.15, 0.2) is 5.96 Å². The van der Waals surface area contributed by atoms with Crippen molar-refractivity contribution < 1.29 is 18.3 Å². The number of ether oxygens (including phenoxy) is 1. The van der Waals surface area contributed by atoms with E-state index in [0.29, 0.717) is 25.7 Å². The van der Waals surface area contributed by atoms with Crippen LogP contribution in [-0.4, -0.2) is 64.3 Å². The number of guanidine groups is 1. The number of aliphatic hydroxyl groups is 1. The Morgan fingerprint density at radius 1 is 1.42 bits per heavy atom. The Hall–Kier alpha value is -1.16. The number of sulfone groups is 1. The molecule has 3 N–H and O–H groups in total. The molecule has 1 aromatic heterocycles. The predicted molar refractivity (Wildman–Crippen MR) is 98.4 cm³/mol. The van der Waals surface area contributed by atoms with Crippen LogP contribution in [-0.2, 0) is 20.2 Å². The summed E-state index contributed by atoms with van der Waals surface area (Å²) >= 11 is 1.54. The van der Waals surface area contributed by atoms with Crippen LogP contribution in [0, 0.1) is 0 Å². The summed E-state index contributed by atoms with van der Waals surface area (Å²) in [5, 5.41) is 20.5. The highest BCUT2D eigenvalue weighted by Crippen LogP contribution is 2.23. The number of hydrogen-bond acceptors (Lipinski definition) is 6. The maximum absolute atomic E-state index is 11.0. The third kappa shape index (κ3) is 8.62. The highest BCUT2D eigenvalue weighted by atomic mass is 32.2. The number of nitrogens with zero attached hydrogens (tertiary/aromatic N) is 1. The number of aliphatic imine (C=N–C) groups is 1. The molecule has 138 valence electrons. The van der Waals surface area contributed by atoms with E-state index in [2.05, 4.69) is 15.6 Å².